The molecule has 27 heavy (non-hydrogen) atoms. The van der Waals surface area contributed by atoms with Gasteiger partial charge in [0.15, 0.2) is 0 Å². The maximum Gasteiger partial charge on any atom is 0.0830 e. The summed E-state index contributed by atoms with van der Waals surface area (Å²) in [5.74, 6) is 2.26. The van der Waals surface area contributed by atoms with Crippen LogP contribution in [0.4, 0.5) is 0 Å². The molecule has 1 saturated carbocycles. The van der Waals surface area contributed by atoms with Crippen LogP contribution in [0.1, 0.15) is 52.4 Å². The quantitative estimate of drug-likeness (QED) is 0.601. The molecule has 146 valence electrons. The SMILES string of the molecule is CCCCC(O)C1=CC=CC(COC2C=CC=C3C(C)CC=C4CC4C32)C1. The van der Waals surface area contributed by atoms with E-state index in [1.807, 2.05) is 0 Å². The molecule has 4 rings (SSSR count). The van der Waals surface area contributed by atoms with Crippen molar-refractivity contribution in [3.63, 3.8) is 0 Å². The molecular formula is C25H34O2. The van der Waals surface area contributed by atoms with Crippen LogP contribution in [-0.2, 0) is 4.74 Å². The average Bonchev–Trinajstić information content (AvgIpc) is 3.48. The summed E-state index contributed by atoms with van der Waals surface area (Å²) in [6.45, 7) is 5.27. The van der Waals surface area contributed by atoms with Gasteiger partial charge in [-0.1, -0.05) is 80.4 Å². The lowest BCUT2D eigenvalue weighted by Crippen LogP contribution is -2.31. The van der Waals surface area contributed by atoms with Gasteiger partial charge in [-0.25, -0.2) is 0 Å². The lowest BCUT2D eigenvalue weighted by Gasteiger charge is -2.33. The Morgan fingerprint density at radius 1 is 1.19 bits per heavy atom. The monoisotopic (exact) mass is 366 g/mol. The predicted octanol–water partition coefficient (Wildman–Crippen LogP) is 5.52. The molecule has 0 spiro atoms. The lowest BCUT2D eigenvalue weighted by atomic mass is 9.79. The number of ether oxygens (including phenoxy) is 1. The first-order valence-corrected chi connectivity index (χ1v) is 10.9. The number of hydrogen-bond acceptors (Lipinski definition) is 2. The summed E-state index contributed by atoms with van der Waals surface area (Å²) in [6.07, 6.45) is 22.1. The number of aliphatic hydroxyl groups excluding tert-OH is 1. The second-order valence-electron chi connectivity index (χ2n) is 8.85. The molecule has 4 aliphatic carbocycles. The minimum atomic E-state index is -0.289. The lowest BCUT2D eigenvalue weighted by molar-refractivity contribution is 0.0309. The minimum absolute atomic E-state index is 0.203. The first kappa shape index (κ1) is 19.0. The van der Waals surface area contributed by atoms with Gasteiger partial charge in [0.1, 0.15) is 0 Å². The molecule has 4 aliphatic rings. The van der Waals surface area contributed by atoms with E-state index in [2.05, 4.69) is 56.4 Å². The summed E-state index contributed by atoms with van der Waals surface area (Å²) in [6, 6.07) is 0. The number of aliphatic hydroxyl groups is 1. The molecule has 1 fully saturated rings. The Morgan fingerprint density at radius 3 is 2.89 bits per heavy atom. The Labute approximate surface area is 164 Å². The van der Waals surface area contributed by atoms with Gasteiger partial charge in [-0.05, 0) is 43.1 Å². The third kappa shape index (κ3) is 4.22. The van der Waals surface area contributed by atoms with E-state index in [1.165, 1.54) is 18.4 Å². The van der Waals surface area contributed by atoms with Gasteiger partial charge in [0, 0.05) is 11.8 Å². The Bertz CT molecular complexity index is 693. The van der Waals surface area contributed by atoms with E-state index in [9.17, 15) is 5.11 Å². The van der Waals surface area contributed by atoms with E-state index in [-0.39, 0.29) is 12.2 Å². The summed E-state index contributed by atoms with van der Waals surface area (Å²) >= 11 is 0. The van der Waals surface area contributed by atoms with Crippen LogP contribution in [0.25, 0.3) is 0 Å². The number of rotatable bonds is 7. The van der Waals surface area contributed by atoms with Crippen LogP contribution in [-0.4, -0.2) is 23.9 Å². The fourth-order valence-electron chi connectivity index (χ4n) is 5.02. The molecule has 2 nitrogen and oxygen atoms in total. The average molecular weight is 367 g/mol. The molecule has 0 aliphatic heterocycles. The Morgan fingerprint density at radius 2 is 2.04 bits per heavy atom. The molecule has 6 unspecified atom stereocenters. The zero-order valence-electron chi connectivity index (χ0n) is 16.8. The summed E-state index contributed by atoms with van der Waals surface area (Å²) in [4.78, 5) is 0. The molecule has 6 atom stereocenters. The topological polar surface area (TPSA) is 29.5 Å². The highest BCUT2D eigenvalue weighted by Gasteiger charge is 2.45. The van der Waals surface area contributed by atoms with Gasteiger partial charge in [0.2, 0.25) is 0 Å². The van der Waals surface area contributed by atoms with E-state index >= 15 is 0 Å². The molecule has 0 saturated heterocycles. The normalized spacial score (nSPS) is 35.4. The number of unbranched alkanes of at least 4 members (excludes halogenated alkanes) is 1. The first-order valence-electron chi connectivity index (χ1n) is 10.9. The second kappa shape index (κ2) is 8.32. The highest BCUT2D eigenvalue weighted by Crippen LogP contribution is 2.53. The number of fused-ring (bicyclic) bond motifs is 3. The van der Waals surface area contributed by atoms with Crippen LogP contribution in [0.5, 0.6) is 0 Å². The van der Waals surface area contributed by atoms with Crippen LogP contribution in [0.2, 0.25) is 0 Å². The summed E-state index contributed by atoms with van der Waals surface area (Å²) < 4.78 is 6.49. The zero-order chi connectivity index (χ0) is 18.8. The van der Waals surface area contributed by atoms with Gasteiger partial charge < -0.3 is 9.84 Å². The van der Waals surface area contributed by atoms with Crippen LogP contribution in [0, 0.1) is 23.7 Å². The maximum absolute atomic E-state index is 10.4. The van der Waals surface area contributed by atoms with Crippen molar-refractivity contribution >= 4 is 0 Å². The Kier molecular flexibility index (Phi) is 5.85. The summed E-state index contributed by atoms with van der Waals surface area (Å²) in [5, 5.41) is 10.4. The number of allylic oxidation sites excluding steroid dienone is 6. The van der Waals surface area contributed by atoms with Gasteiger partial charge in [-0.15, -0.1) is 0 Å². The summed E-state index contributed by atoms with van der Waals surface area (Å²) in [7, 11) is 0. The fourth-order valence-corrected chi connectivity index (χ4v) is 5.02. The zero-order valence-corrected chi connectivity index (χ0v) is 16.8. The van der Waals surface area contributed by atoms with Crippen molar-refractivity contribution in [2.24, 2.45) is 23.7 Å². The maximum atomic E-state index is 10.4. The molecule has 0 amide bonds. The molecule has 0 aromatic carbocycles. The van der Waals surface area contributed by atoms with Crippen molar-refractivity contribution < 1.29 is 9.84 Å². The van der Waals surface area contributed by atoms with Crippen LogP contribution in [0.3, 0.4) is 0 Å². The van der Waals surface area contributed by atoms with Crippen molar-refractivity contribution in [3.05, 3.63) is 59.3 Å². The minimum Gasteiger partial charge on any atom is -0.389 e. The van der Waals surface area contributed by atoms with E-state index in [4.69, 9.17) is 4.74 Å². The molecular weight excluding hydrogens is 332 g/mol. The van der Waals surface area contributed by atoms with E-state index < -0.39 is 0 Å². The van der Waals surface area contributed by atoms with Crippen molar-refractivity contribution in [1.29, 1.82) is 0 Å². The predicted molar refractivity (Wildman–Crippen MR) is 111 cm³/mol. The molecule has 2 heteroatoms. The molecule has 0 aromatic rings. The smallest absolute Gasteiger partial charge is 0.0830 e. The first-order chi connectivity index (χ1) is 13.2. The Balaban J connectivity index is 1.35. The van der Waals surface area contributed by atoms with E-state index in [0.717, 1.165) is 32.3 Å². The van der Waals surface area contributed by atoms with Crippen LogP contribution < -0.4 is 0 Å². The van der Waals surface area contributed by atoms with E-state index in [1.54, 1.807) is 11.1 Å². The van der Waals surface area contributed by atoms with Crippen molar-refractivity contribution in [2.75, 3.05) is 6.61 Å². The highest BCUT2D eigenvalue weighted by molar-refractivity contribution is 5.38. The van der Waals surface area contributed by atoms with Crippen LogP contribution in [0.15, 0.2) is 59.3 Å². The number of hydrogen-bond donors (Lipinski definition) is 1. The van der Waals surface area contributed by atoms with Gasteiger partial charge in [-0.3, -0.25) is 0 Å². The second-order valence-corrected chi connectivity index (χ2v) is 8.85. The van der Waals surface area contributed by atoms with Gasteiger partial charge >= 0.3 is 0 Å². The standard InChI is InChI=1S/C25H34O2/c1-3-4-10-23(26)20-8-5-7-18(14-20)16-27-24-11-6-9-21-17(2)12-13-19-15-22(19)25(21)24/h5-9,11,13,17-18,22-26H,3-4,10,12,14-16H2,1-2H3. The molecule has 1 N–H and O–H groups in total. The molecule has 0 radical (unpaired) electrons. The van der Waals surface area contributed by atoms with Crippen molar-refractivity contribution in [2.45, 2.75) is 64.6 Å². The van der Waals surface area contributed by atoms with E-state index in [0.29, 0.717) is 23.7 Å². The highest BCUT2D eigenvalue weighted by atomic mass is 16.5. The molecule has 0 heterocycles. The van der Waals surface area contributed by atoms with Crippen molar-refractivity contribution in [1.82, 2.24) is 0 Å². The summed E-state index contributed by atoms with van der Waals surface area (Å²) in [5.41, 5.74) is 4.42. The third-order valence-corrected chi connectivity index (χ3v) is 6.79. The fraction of sp³-hybridized carbons (Fsp3) is 0.600. The molecule has 0 aromatic heterocycles. The van der Waals surface area contributed by atoms with Gasteiger partial charge in [0.25, 0.3) is 0 Å². The largest absolute Gasteiger partial charge is 0.389 e. The molecule has 0 bridgehead atoms. The van der Waals surface area contributed by atoms with Crippen molar-refractivity contribution in [3.8, 4) is 0 Å². The van der Waals surface area contributed by atoms with Crippen LogP contribution >= 0.6 is 0 Å². The third-order valence-electron chi connectivity index (χ3n) is 6.79. The van der Waals surface area contributed by atoms with Gasteiger partial charge in [0.05, 0.1) is 18.8 Å². The van der Waals surface area contributed by atoms with Gasteiger partial charge in [-0.2, -0.15) is 0 Å². The Hall–Kier alpha value is -1.38.